The van der Waals surface area contributed by atoms with Gasteiger partial charge in [-0.3, -0.25) is 19.5 Å². The quantitative estimate of drug-likeness (QED) is 0.410. The van der Waals surface area contributed by atoms with Gasteiger partial charge in [-0.15, -0.1) is 11.3 Å². The van der Waals surface area contributed by atoms with E-state index in [1.165, 1.54) is 11.3 Å². The molecular weight excluding hydrogens is 490 g/mol. The molecule has 0 unspecified atom stereocenters. The van der Waals surface area contributed by atoms with Crippen molar-refractivity contribution in [2.45, 2.75) is 57.8 Å². The predicted octanol–water partition coefficient (Wildman–Crippen LogP) is 4.79. The number of methoxy groups -OCH3 is 1. The van der Waals surface area contributed by atoms with Crippen molar-refractivity contribution < 1.29 is 19.1 Å². The van der Waals surface area contributed by atoms with Crippen molar-refractivity contribution in [1.29, 1.82) is 0 Å². The monoisotopic (exact) mass is 523 g/mol. The number of hydrogen-bond donors (Lipinski definition) is 2. The van der Waals surface area contributed by atoms with Gasteiger partial charge in [0, 0.05) is 60.0 Å². The zero-order chi connectivity index (χ0) is 26.6. The Bertz CT molecular complexity index is 1250. The number of aromatic nitrogens is 3. The Balaban J connectivity index is 1.24. The van der Waals surface area contributed by atoms with Crippen molar-refractivity contribution in [3.05, 3.63) is 57.7 Å². The Morgan fingerprint density at radius 1 is 1.14 bits per heavy atom. The Morgan fingerprint density at radius 2 is 1.84 bits per heavy atom. The molecule has 2 N–H and O–H groups in total. The molecule has 2 amide bonds. The normalized spacial score (nSPS) is 14.4. The molecule has 1 aliphatic rings. The van der Waals surface area contributed by atoms with Gasteiger partial charge in [-0.2, -0.15) is 5.10 Å². The maximum absolute atomic E-state index is 12.7. The Labute approximate surface area is 220 Å². The molecule has 3 heterocycles. The van der Waals surface area contributed by atoms with E-state index < -0.39 is 0 Å². The summed E-state index contributed by atoms with van der Waals surface area (Å²) in [5, 5.41) is 12.6. The van der Waals surface area contributed by atoms with E-state index in [1.54, 1.807) is 36.8 Å². The topological polar surface area (TPSA) is 117 Å². The van der Waals surface area contributed by atoms with Gasteiger partial charge in [-0.25, -0.2) is 4.98 Å². The maximum Gasteiger partial charge on any atom is 0.276 e. The summed E-state index contributed by atoms with van der Waals surface area (Å²) in [6, 6.07) is 8.76. The molecule has 0 spiro atoms. The third-order valence-corrected chi connectivity index (χ3v) is 7.56. The third-order valence-electron chi connectivity index (χ3n) is 6.56. The summed E-state index contributed by atoms with van der Waals surface area (Å²) in [7, 11) is 1.58. The van der Waals surface area contributed by atoms with E-state index >= 15 is 0 Å². The van der Waals surface area contributed by atoms with Gasteiger partial charge < -0.3 is 15.0 Å². The van der Waals surface area contributed by atoms with E-state index in [-0.39, 0.29) is 41.8 Å². The number of amides is 2. The lowest BCUT2D eigenvalue weighted by atomic mass is 9.92. The van der Waals surface area contributed by atoms with Crippen LogP contribution in [0.2, 0.25) is 0 Å². The first-order valence-corrected chi connectivity index (χ1v) is 13.3. The molecule has 0 aliphatic carbocycles. The molecule has 0 bridgehead atoms. The highest BCUT2D eigenvalue weighted by molar-refractivity contribution is 7.10. The summed E-state index contributed by atoms with van der Waals surface area (Å²) in [6.45, 7) is 7.44. The molecule has 196 valence electrons. The van der Waals surface area contributed by atoms with E-state index in [0.29, 0.717) is 35.9 Å². The number of rotatable bonds is 8. The largest absolute Gasteiger partial charge is 0.497 e. The number of nitrogens with one attached hydrogen (secondary N) is 2. The summed E-state index contributed by atoms with van der Waals surface area (Å²) < 4.78 is 5.12. The van der Waals surface area contributed by atoms with Crippen molar-refractivity contribution in [1.82, 2.24) is 20.1 Å². The van der Waals surface area contributed by atoms with Crippen LogP contribution in [0.1, 0.15) is 83.9 Å². The predicted molar refractivity (Wildman–Crippen MR) is 142 cm³/mol. The molecular formula is C27H33N5O4S. The van der Waals surface area contributed by atoms with Crippen LogP contribution in [0.3, 0.4) is 0 Å². The zero-order valence-corrected chi connectivity index (χ0v) is 22.5. The molecule has 37 heavy (non-hydrogen) atoms. The van der Waals surface area contributed by atoms with Crippen LogP contribution in [0.15, 0.2) is 35.7 Å². The van der Waals surface area contributed by atoms with E-state index in [2.05, 4.69) is 41.3 Å². The summed E-state index contributed by atoms with van der Waals surface area (Å²) in [6.07, 6.45) is 1.94. The van der Waals surface area contributed by atoms with Crippen molar-refractivity contribution in [2.24, 2.45) is 0 Å². The molecule has 1 saturated heterocycles. The summed E-state index contributed by atoms with van der Waals surface area (Å²) in [5.41, 5.74) is 1.80. The molecule has 1 aliphatic heterocycles. The second-order valence-electron chi connectivity index (χ2n) is 10.2. The smallest absolute Gasteiger partial charge is 0.276 e. The number of anilines is 1. The number of Topliss-reactive ketones (excluding diaryl/α,β-unsaturated/α-hetero) is 1. The fourth-order valence-electron chi connectivity index (χ4n) is 4.21. The first-order valence-electron chi connectivity index (χ1n) is 12.4. The van der Waals surface area contributed by atoms with Crippen LogP contribution in [-0.4, -0.2) is 57.9 Å². The van der Waals surface area contributed by atoms with Gasteiger partial charge in [0.25, 0.3) is 5.91 Å². The summed E-state index contributed by atoms with van der Waals surface area (Å²) in [4.78, 5) is 44.2. The summed E-state index contributed by atoms with van der Waals surface area (Å²) >= 11 is 1.47. The first kappa shape index (κ1) is 26.5. The summed E-state index contributed by atoms with van der Waals surface area (Å²) in [5.74, 6) is 1.02. The molecule has 9 nitrogen and oxygen atoms in total. The highest BCUT2D eigenvalue weighted by Crippen LogP contribution is 2.31. The van der Waals surface area contributed by atoms with Crippen LogP contribution in [0, 0.1) is 0 Å². The van der Waals surface area contributed by atoms with Crippen LogP contribution in [0.5, 0.6) is 5.75 Å². The van der Waals surface area contributed by atoms with E-state index in [0.717, 1.165) is 23.5 Å². The van der Waals surface area contributed by atoms with Crippen molar-refractivity contribution in [3.8, 4) is 5.75 Å². The molecule has 10 heteroatoms. The first-order chi connectivity index (χ1) is 17.6. The van der Waals surface area contributed by atoms with E-state index in [4.69, 9.17) is 4.74 Å². The lowest BCUT2D eigenvalue weighted by Crippen LogP contribution is -2.38. The van der Waals surface area contributed by atoms with Gasteiger partial charge in [-0.05, 0) is 37.1 Å². The molecule has 0 radical (unpaired) electrons. The SMILES string of the molecule is COc1ccc(C(=O)CCC(=O)N2CCC(c3nc(C(=O)Nc4cc(C(C)(C)C)[nH]n4)cs3)CC2)cc1. The number of thiazole rings is 1. The minimum Gasteiger partial charge on any atom is -0.497 e. The van der Waals surface area contributed by atoms with Crippen LogP contribution in [-0.2, 0) is 10.2 Å². The second-order valence-corrected chi connectivity index (χ2v) is 11.1. The standard InChI is InChI=1S/C27H33N5O4S/c1-27(2,3)22-15-23(31-30-22)29-25(35)20-16-37-26(28-20)18-11-13-32(14-12-18)24(34)10-9-21(33)17-5-7-19(36-4)8-6-17/h5-8,15-16,18H,9-14H2,1-4H3,(H2,29,30,31,35). The van der Waals surface area contributed by atoms with Gasteiger partial charge in [0.1, 0.15) is 11.4 Å². The van der Waals surface area contributed by atoms with Gasteiger partial charge in [0.05, 0.1) is 12.1 Å². The number of likely N-dealkylation sites (tertiary alicyclic amines) is 1. The number of aromatic amines is 1. The Hall–Kier alpha value is -3.53. The minimum absolute atomic E-state index is 0.00635. The van der Waals surface area contributed by atoms with E-state index in [9.17, 15) is 14.4 Å². The van der Waals surface area contributed by atoms with Gasteiger partial charge in [0.15, 0.2) is 11.6 Å². The number of carbonyl (C=O) groups excluding carboxylic acids is 3. The third kappa shape index (κ3) is 6.62. The maximum atomic E-state index is 12.7. The fraction of sp³-hybridized carbons (Fsp3) is 0.444. The van der Waals surface area contributed by atoms with Crippen LogP contribution >= 0.6 is 11.3 Å². The number of nitrogens with zero attached hydrogens (tertiary/aromatic N) is 3. The van der Waals surface area contributed by atoms with Crippen molar-refractivity contribution >= 4 is 34.8 Å². The van der Waals surface area contributed by atoms with Crippen LogP contribution in [0.4, 0.5) is 5.82 Å². The number of H-pyrrole nitrogens is 1. The lowest BCUT2D eigenvalue weighted by Gasteiger charge is -2.31. The van der Waals surface area contributed by atoms with Crippen molar-refractivity contribution in [2.75, 3.05) is 25.5 Å². The molecule has 4 rings (SSSR count). The number of carbonyl (C=O) groups is 3. The highest BCUT2D eigenvalue weighted by Gasteiger charge is 2.27. The molecule has 1 fully saturated rings. The molecule has 0 atom stereocenters. The average Bonchev–Trinajstić information content (AvgIpc) is 3.57. The average molecular weight is 524 g/mol. The Morgan fingerprint density at radius 3 is 2.46 bits per heavy atom. The fourth-order valence-corrected chi connectivity index (χ4v) is 5.18. The van der Waals surface area contributed by atoms with Crippen LogP contribution < -0.4 is 10.1 Å². The lowest BCUT2D eigenvalue weighted by molar-refractivity contribution is -0.132. The minimum atomic E-state index is -0.288. The highest BCUT2D eigenvalue weighted by atomic mass is 32.1. The number of ether oxygens (including phenoxy) is 1. The Kier molecular flexibility index (Phi) is 8.06. The molecule has 3 aromatic rings. The number of hydrogen-bond acceptors (Lipinski definition) is 7. The molecule has 0 saturated carbocycles. The van der Waals surface area contributed by atoms with Crippen LogP contribution in [0.25, 0.3) is 0 Å². The van der Waals surface area contributed by atoms with Gasteiger partial charge >= 0.3 is 0 Å². The number of benzene rings is 1. The second kappa shape index (κ2) is 11.2. The number of ketones is 1. The molecule has 1 aromatic carbocycles. The van der Waals surface area contributed by atoms with Crippen molar-refractivity contribution in [3.63, 3.8) is 0 Å². The zero-order valence-electron chi connectivity index (χ0n) is 21.7. The van der Waals surface area contributed by atoms with Gasteiger partial charge in [-0.1, -0.05) is 20.8 Å². The molecule has 2 aromatic heterocycles. The van der Waals surface area contributed by atoms with E-state index in [1.807, 2.05) is 11.0 Å². The van der Waals surface area contributed by atoms with Gasteiger partial charge in [0.2, 0.25) is 5.91 Å². The number of piperidine rings is 1.